The number of esters is 1. The fraction of sp³-hybridized carbons (Fsp3) is 0.968. The van der Waals surface area contributed by atoms with Crippen LogP contribution in [0.25, 0.3) is 0 Å². The molecule has 0 spiro atoms. The van der Waals surface area contributed by atoms with Gasteiger partial charge >= 0.3 is 5.97 Å². The monoisotopic (exact) mass is 578 g/mol. The third-order valence-corrected chi connectivity index (χ3v) is 6.30. The number of carbonyl (C=O) groups excluding carboxylic acids is 1. The van der Waals surface area contributed by atoms with Crippen LogP contribution in [0, 0.1) is 0 Å². The molecule has 0 heterocycles. The van der Waals surface area contributed by atoms with E-state index in [0.717, 1.165) is 13.0 Å². The molecule has 40 heavy (non-hydrogen) atoms. The van der Waals surface area contributed by atoms with E-state index in [-0.39, 0.29) is 12.4 Å². The highest BCUT2D eigenvalue weighted by molar-refractivity contribution is 5.69. The van der Waals surface area contributed by atoms with Crippen molar-refractivity contribution in [1.82, 2.24) is 0 Å². The first-order chi connectivity index (χ1) is 19.8. The van der Waals surface area contributed by atoms with Gasteiger partial charge in [0.25, 0.3) is 0 Å². The fourth-order valence-electron chi connectivity index (χ4n) is 3.90. The molecule has 0 amide bonds. The number of hydrogen-bond donors (Lipinski definition) is 0. The summed E-state index contributed by atoms with van der Waals surface area (Å²) in [7, 11) is 1.36. The lowest BCUT2D eigenvalue weighted by molar-refractivity contribution is -0.141. The number of ether oxygens (including phenoxy) is 8. The average Bonchev–Trinajstić information content (AvgIpc) is 2.97. The first kappa shape index (κ1) is 39.2. The van der Waals surface area contributed by atoms with Gasteiger partial charge in [-0.2, -0.15) is 0 Å². The molecule has 0 saturated carbocycles. The van der Waals surface area contributed by atoms with Crippen LogP contribution in [0.1, 0.15) is 96.8 Å². The summed E-state index contributed by atoms with van der Waals surface area (Å²) in [6.07, 6.45) is 18.1. The van der Waals surface area contributed by atoms with Crippen molar-refractivity contribution in [1.29, 1.82) is 0 Å². The minimum Gasteiger partial charge on any atom is -0.469 e. The normalized spacial score (nSPS) is 11.3. The van der Waals surface area contributed by atoms with Gasteiger partial charge in [-0.15, -0.1) is 0 Å². The lowest BCUT2D eigenvalue weighted by Crippen LogP contribution is -2.14. The van der Waals surface area contributed by atoms with Crippen molar-refractivity contribution in [3.63, 3.8) is 0 Å². The van der Waals surface area contributed by atoms with E-state index < -0.39 is 0 Å². The highest BCUT2D eigenvalue weighted by Gasteiger charge is 1.99. The third kappa shape index (κ3) is 35.2. The number of rotatable bonds is 35. The third-order valence-electron chi connectivity index (χ3n) is 6.30. The molecule has 240 valence electrons. The maximum Gasteiger partial charge on any atom is 0.307 e. The molecule has 0 aliphatic rings. The van der Waals surface area contributed by atoms with E-state index in [0.29, 0.717) is 85.9 Å². The molecule has 9 heteroatoms. The Morgan fingerprint density at radius 3 is 0.975 bits per heavy atom. The zero-order chi connectivity index (χ0) is 29.0. The van der Waals surface area contributed by atoms with Gasteiger partial charge < -0.3 is 37.9 Å². The van der Waals surface area contributed by atoms with E-state index in [1.54, 1.807) is 0 Å². The average molecular weight is 579 g/mol. The predicted molar refractivity (Wildman–Crippen MR) is 158 cm³/mol. The first-order valence-corrected chi connectivity index (χ1v) is 15.9. The van der Waals surface area contributed by atoms with Gasteiger partial charge in [-0.25, -0.2) is 0 Å². The van der Waals surface area contributed by atoms with Crippen molar-refractivity contribution >= 4 is 5.97 Å². The van der Waals surface area contributed by atoms with Crippen LogP contribution in [0.3, 0.4) is 0 Å². The summed E-state index contributed by atoms with van der Waals surface area (Å²) in [5.74, 6) is -0.274. The summed E-state index contributed by atoms with van der Waals surface area (Å²) in [5, 5.41) is 0. The van der Waals surface area contributed by atoms with Gasteiger partial charge in [-0.05, 0) is 6.42 Å². The Bertz CT molecular complexity index is 480. The molecule has 0 aromatic carbocycles. The van der Waals surface area contributed by atoms with Crippen molar-refractivity contribution in [2.24, 2.45) is 0 Å². The molecule has 0 unspecified atom stereocenters. The van der Waals surface area contributed by atoms with Crippen molar-refractivity contribution in [2.75, 3.05) is 99.6 Å². The maximum atomic E-state index is 10.9. The number of carbonyl (C=O) groups is 1. The van der Waals surface area contributed by atoms with Gasteiger partial charge in [0.05, 0.1) is 99.4 Å². The summed E-state index contributed by atoms with van der Waals surface area (Å²) in [6.45, 7) is 9.86. The zero-order valence-electron chi connectivity index (χ0n) is 26.0. The standard InChI is InChI=1S/C31H62O9/c1-3-4-5-6-7-8-9-10-11-12-13-14-15-17-34-19-21-36-23-25-38-27-29-40-30-28-39-26-24-37-22-20-35-18-16-31(32)33-2/h3-30H2,1-2H3. The highest BCUT2D eigenvalue weighted by atomic mass is 16.6. The lowest BCUT2D eigenvalue weighted by atomic mass is 10.0. The van der Waals surface area contributed by atoms with Gasteiger partial charge in [-0.1, -0.05) is 84.0 Å². The van der Waals surface area contributed by atoms with Crippen LogP contribution in [-0.2, 0) is 42.7 Å². The lowest BCUT2D eigenvalue weighted by Gasteiger charge is -2.08. The SMILES string of the molecule is CCCCCCCCCCCCCCCOCCOCCOCCOCCOCCOCCOCCC(=O)OC. The van der Waals surface area contributed by atoms with E-state index in [1.807, 2.05) is 0 Å². The van der Waals surface area contributed by atoms with E-state index in [4.69, 9.17) is 33.2 Å². The summed E-state index contributed by atoms with van der Waals surface area (Å²) in [6, 6.07) is 0. The summed E-state index contributed by atoms with van der Waals surface area (Å²) >= 11 is 0. The second kappa shape index (κ2) is 36.2. The zero-order valence-corrected chi connectivity index (χ0v) is 26.0. The van der Waals surface area contributed by atoms with Crippen molar-refractivity contribution in [2.45, 2.75) is 96.8 Å². The van der Waals surface area contributed by atoms with Crippen LogP contribution in [-0.4, -0.2) is 106 Å². The Labute approximate surface area is 245 Å². The van der Waals surface area contributed by atoms with Gasteiger partial charge in [0.2, 0.25) is 0 Å². The molecule has 0 atom stereocenters. The molecule has 0 N–H and O–H groups in total. The van der Waals surface area contributed by atoms with Crippen LogP contribution in [0.4, 0.5) is 0 Å². The molecular formula is C31H62O9. The molecule has 0 aliphatic heterocycles. The molecule has 0 fully saturated rings. The molecule has 0 aromatic heterocycles. The molecular weight excluding hydrogens is 516 g/mol. The number of methoxy groups -OCH3 is 1. The molecule has 0 radical (unpaired) electrons. The van der Waals surface area contributed by atoms with E-state index in [1.165, 1.54) is 84.2 Å². The van der Waals surface area contributed by atoms with E-state index in [2.05, 4.69) is 11.7 Å². The van der Waals surface area contributed by atoms with E-state index in [9.17, 15) is 4.79 Å². The van der Waals surface area contributed by atoms with Crippen molar-refractivity contribution in [3.8, 4) is 0 Å². The van der Waals surface area contributed by atoms with Crippen LogP contribution in [0.2, 0.25) is 0 Å². The molecule has 0 bridgehead atoms. The Morgan fingerprint density at radius 2 is 0.650 bits per heavy atom. The Balaban J connectivity index is 3.04. The number of unbranched alkanes of at least 4 members (excludes halogenated alkanes) is 12. The Hall–Kier alpha value is -0.810. The Morgan fingerprint density at radius 1 is 0.375 bits per heavy atom. The minimum atomic E-state index is -0.274. The van der Waals surface area contributed by atoms with Gasteiger partial charge in [0, 0.05) is 6.61 Å². The maximum absolute atomic E-state index is 10.9. The Kier molecular flexibility index (Phi) is 35.5. The van der Waals surface area contributed by atoms with Crippen molar-refractivity contribution in [3.05, 3.63) is 0 Å². The largest absolute Gasteiger partial charge is 0.469 e. The first-order valence-electron chi connectivity index (χ1n) is 15.9. The summed E-state index contributed by atoms with van der Waals surface area (Å²) < 4.78 is 42.8. The second-order valence-electron chi connectivity index (χ2n) is 9.86. The summed E-state index contributed by atoms with van der Waals surface area (Å²) in [4.78, 5) is 10.9. The molecule has 0 aromatic rings. The quantitative estimate of drug-likeness (QED) is 0.0688. The number of hydrogen-bond acceptors (Lipinski definition) is 9. The van der Waals surface area contributed by atoms with Crippen LogP contribution in [0.5, 0.6) is 0 Å². The fourth-order valence-corrected chi connectivity index (χ4v) is 3.90. The van der Waals surface area contributed by atoms with Crippen LogP contribution in [0.15, 0.2) is 0 Å². The summed E-state index contributed by atoms with van der Waals surface area (Å²) in [5.41, 5.74) is 0. The van der Waals surface area contributed by atoms with Gasteiger partial charge in [-0.3, -0.25) is 4.79 Å². The molecule has 0 aliphatic carbocycles. The predicted octanol–water partition coefficient (Wildman–Crippen LogP) is 5.76. The topological polar surface area (TPSA) is 90.9 Å². The highest BCUT2D eigenvalue weighted by Crippen LogP contribution is 2.12. The minimum absolute atomic E-state index is 0.257. The van der Waals surface area contributed by atoms with Gasteiger partial charge in [0.15, 0.2) is 0 Å². The van der Waals surface area contributed by atoms with Crippen molar-refractivity contribution < 1.29 is 42.7 Å². The smallest absolute Gasteiger partial charge is 0.307 e. The van der Waals surface area contributed by atoms with Gasteiger partial charge in [0.1, 0.15) is 0 Å². The van der Waals surface area contributed by atoms with E-state index >= 15 is 0 Å². The van der Waals surface area contributed by atoms with Crippen LogP contribution < -0.4 is 0 Å². The van der Waals surface area contributed by atoms with Crippen LogP contribution >= 0.6 is 0 Å². The molecule has 0 rings (SSSR count). The second-order valence-corrected chi connectivity index (χ2v) is 9.86. The molecule has 0 saturated heterocycles. The molecule has 9 nitrogen and oxygen atoms in total.